The largest absolute Gasteiger partial charge is 0.489 e. The molecule has 0 aliphatic heterocycles. The summed E-state index contributed by atoms with van der Waals surface area (Å²) in [5, 5.41) is 3.46. The molecule has 0 amide bonds. The molecule has 0 atom stereocenters. The highest BCUT2D eigenvalue weighted by molar-refractivity contribution is 9.10. The Balaban J connectivity index is 1.35. The first kappa shape index (κ1) is 20.0. The molecular formula is C26H22BrNO2. The van der Waals surface area contributed by atoms with Crippen LogP contribution in [-0.4, -0.2) is 0 Å². The van der Waals surface area contributed by atoms with Crippen LogP contribution in [0, 0.1) is 0 Å². The van der Waals surface area contributed by atoms with E-state index in [9.17, 15) is 0 Å². The molecule has 0 saturated heterocycles. The standard InChI is InChI=1S/C26H22BrNO2/c27-22-12-10-20(11-13-22)19-29-26-9-5-4-6-21(26)18-28-23-14-16-25(17-15-23)30-24-7-2-1-3-8-24/h1-17,28H,18-19H2. The Morgan fingerprint density at radius 1 is 0.667 bits per heavy atom. The third-order valence-corrected chi connectivity index (χ3v) is 5.13. The van der Waals surface area contributed by atoms with Gasteiger partial charge in [-0.2, -0.15) is 0 Å². The van der Waals surface area contributed by atoms with Crippen molar-refractivity contribution in [1.29, 1.82) is 0 Å². The second-order valence-corrected chi connectivity index (χ2v) is 7.73. The fraction of sp³-hybridized carbons (Fsp3) is 0.0769. The first-order valence-corrected chi connectivity index (χ1v) is 10.6. The van der Waals surface area contributed by atoms with Gasteiger partial charge in [0.2, 0.25) is 0 Å². The Bertz CT molecular complexity index is 1060. The van der Waals surface area contributed by atoms with E-state index < -0.39 is 0 Å². The number of hydrogen-bond donors (Lipinski definition) is 1. The van der Waals surface area contributed by atoms with Gasteiger partial charge in [0.05, 0.1) is 0 Å². The monoisotopic (exact) mass is 459 g/mol. The van der Waals surface area contributed by atoms with Gasteiger partial charge in [0.1, 0.15) is 23.9 Å². The molecule has 0 fully saturated rings. The van der Waals surface area contributed by atoms with Crippen molar-refractivity contribution in [2.24, 2.45) is 0 Å². The number of ether oxygens (including phenoxy) is 2. The van der Waals surface area contributed by atoms with Crippen molar-refractivity contribution in [2.75, 3.05) is 5.32 Å². The summed E-state index contributed by atoms with van der Waals surface area (Å²) in [6.45, 7) is 1.21. The van der Waals surface area contributed by atoms with Gasteiger partial charge in [0.25, 0.3) is 0 Å². The maximum atomic E-state index is 6.06. The minimum atomic E-state index is 0.538. The van der Waals surface area contributed by atoms with E-state index in [0.29, 0.717) is 13.2 Å². The Labute approximate surface area is 185 Å². The fourth-order valence-corrected chi connectivity index (χ4v) is 3.26. The predicted molar refractivity (Wildman–Crippen MR) is 125 cm³/mol. The van der Waals surface area contributed by atoms with E-state index in [1.165, 1.54) is 0 Å². The average molecular weight is 460 g/mol. The average Bonchev–Trinajstić information content (AvgIpc) is 2.79. The second-order valence-electron chi connectivity index (χ2n) is 6.82. The summed E-state index contributed by atoms with van der Waals surface area (Å²) in [4.78, 5) is 0. The molecular weight excluding hydrogens is 438 g/mol. The Hall–Kier alpha value is -3.24. The fourth-order valence-electron chi connectivity index (χ4n) is 3.00. The van der Waals surface area contributed by atoms with E-state index >= 15 is 0 Å². The molecule has 4 heteroatoms. The molecule has 0 spiro atoms. The summed E-state index contributed by atoms with van der Waals surface area (Å²) in [6.07, 6.45) is 0. The number of hydrogen-bond acceptors (Lipinski definition) is 3. The number of para-hydroxylation sites is 2. The second kappa shape index (κ2) is 9.99. The SMILES string of the molecule is Brc1ccc(COc2ccccc2CNc2ccc(Oc3ccccc3)cc2)cc1. The molecule has 0 unspecified atom stereocenters. The Morgan fingerprint density at radius 3 is 2.10 bits per heavy atom. The molecule has 0 heterocycles. The van der Waals surface area contributed by atoms with Gasteiger partial charge in [-0.1, -0.05) is 64.5 Å². The molecule has 4 aromatic rings. The lowest BCUT2D eigenvalue weighted by atomic mass is 10.2. The van der Waals surface area contributed by atoms with E-state index in [0.717, 1.165) is 38.5 Å². The van der Waals surface area contributed by atoms with Gasteiger partial charge in [-0.15, -0.1) is 0 Å². The molecule has 0 saturated carbocycles. The van der Waals surface area contributed by atoms with Crippen LogP contribution in [0.4, 0.5) is 5.69 Å². The summed E-state index contributed by atoms with van der Waals surface area (Å²) in [5.41, 5.74) is 3.27. The lowest BCUT2D eigenvalue weighted by Gasteiger charge is -2.13. The molecule has 30 heavy (non-hydrogen) atoms. The van der Waals surface area contributed by atoms with Crippen LogP contribution in [-0.2, 0) is 13.2 Å². The summed E-state index contributed by atoms with van der Waals surface area (Å²) in [6, 6.07) is 34.0. The molecule has 1 N–H and O–H groups in total. The zero-order chi connectivity index (χ0) is 20.6. The summed E-state index contributed by atoms with van der Waals surface area (Å²) in [7, 11) is 0. The van der Waals surface area contributed by atoms with Crippen LogP contribution in [0.25, 0.3) is 0 Å². The highest BCUT2D eigenvalue weighted by Gasteiger charge is 2.04. The molecule has 0 aliphatic rings. The van der Waals surface area contributed by atoms with Crippen LogP contribution >= 0.6 is 15.9 Å². The molecule has 150 valence electrons. The first-order chi connectivity index (χ1) is 14.8. The van der Waals surface area contributed by atoms with Crippen molar-refractivity contribution in [2.45, 2.75) is 13.2 Å². The number of halogens is 1. The van der Waals surface area contributed by atoms with Crippen molar-refractivity contribution >= 4 is 21.6 Å². The molecule has 0 radical (unpaired) electrons. The van der Waals surface area contributed by atoms with Crippen LogP contribution < -0.4 is 14.8 Å². The van der Waals surface area contributed by atoms with Crippen molar-refractivity contribution < 1.29 is 9.47 Å². The predicted octanol–water partition coefficient (Wildman–Crippen LogP) is 7.43. The van der Waals surface area contributed by atoms with Crippen molar-refractivity contribution in [3.8, 4) is 17.2 Å². The minimum Gasteiger partial charge on any atom is -0.489 e. The van der Waals surface area contributed by atoms with Gasteiger partial charge in [0, 0.05) is 22.3 Å². The zero-order valence-electron chi connectivity index (χ0n) is 16.4. The lowest BCUT2D eigenvalue weighted by molar-refractivity contribution is 0.303. The molecule has 4 aromatic carbocycles. The summed E-state index contributed by atoms with van der Waals surface area (Å²) >= 11 is 3.46. The highest BCUT2D eigenvalue weighted by Crippen LogP contribution is 2.24. The number of anilines is 1. The topological polar surface area (TPSA) is 30.5 Å². The Morgan fingerprint density at radius 2 is 1.33 bits per heavy atom. The molecule has 0 aliphatic carbocycles. The normalized spacial score (nSPS) is 10.4. The van der Waals surface area contributed by atoms with Crippen LogP contribution in [0.1, 0.15) is 11.1 Å². The van der Waals surface area contributed by atoms with Gasteiger partial charge in [0.15, 0.2) is 0 Å². The van der Waals surface area contributed by atoms with Crippen molar-refractivity contribution in [1.82, 2.24) is 0 Å². The summed E-state index contributed by atoms with van der Waals surface area (Å²) in [5.74, 6) is 2.52. The highest BCUT2D eigenvalue weighted by atomic mass is 79.9. The first-order valence-electron chi connectivity index (χ1n) is 9.78. The van der Waals surface area contributed by atoms with Gasteiger partial charge in [-0.05, 0) is 60.2 Å². The molecule has 4 rings (SSSR count). The maximum absolute atomic E-state index is 6.06. The lowest BCUT2D eigenvalue weighted by Crippen LogP contribution is -2.03. The third-order valence-electron chi connectivity index (χ3n) is 4.60. The Kier molecular flexibility index (Phi) is 6.68. The van der Waals surface area contributed by atoms with Crippen molar-refractivity contribution in [3.05, 3.63) is 119 Å². The molecule has 3 nitrogen and oxygen atoms in total. The van der Waals surface area contributed by atoms with Crippen LogP contribution in [0.2, 0.25) is 0 Å². The van der Waals surface area contributed by atoms with E-state index in [4.69, 9.17) is 9.47 Å². The van der Waals surface area contributed by atoms with E-state index in [2.05, 4.69) is 39.4 Å². The van der Waals surface area contributed by atoms with E-state index in [-0.39, 0.29) is 0 Å². The quantitative estimate of drug-likeness (QED) is 0.297. The van der Waals surface area contributed by atoms with Crippen LogP contribution in [0.5, 0.6) is 17.2 Å². The van der Waals surface area contributed by atoms with Gasteiger partial charge in [-0.25, -0.2) is 0 Å². The molecule has 0 bridgehead atoms. The maximum Gasteiger partial charge on any atom is 0.127 e. The van der Waals surface area contributed by atoms with Gasteiger partial charge >= 0.3 is 0 Å². The van der Waals surface area contributed by atoms with E-state index in [1.54, 1.807) is 0 Å². The smallest absolute Gasteiger partial charge is 0.127 e. The number of nitrogens with one attached hydrogen (secondary N) is 1. The summed E-state index contributed by atoms with van der Waals surface area (Å²) < 4.78 is 13.0. The van der Waals surface area contributed by atoms with Crippen molar-refractivity contribution in [3.63, 3.8) is 0 Å². The van der Waals surface area contributed by atoms with Gasteiger partial charge in [-0.3, -0.25) is 0 Å². The minimum absolute atomic E-state index is 0.538. The number of benzene rings is 4. The number of rotatable bonds is 8. The molecule has 0 aromatic heterocycles. The van der Waals surface area contributed by atoms with E-state index in [1.807, 2.05) is 84.9 Å². The zero-order valence-corrected chi connectivity index (χ0v) is 18.0. The van der Waals surface area contributed by atoms with Gasteiger partial charge < -0.3 is 14.8 Å². The van der Waals surface area contributed by atoms with Crippen LogP contribution in [0.3, 0.4) is 0 Å². The third kappa shape index (κ3) is 5.65. The van der Waals surface area contributed by atoms with Crippen LogP contribution in [0.15, 0.2) is 108 Å².